The van der Waals surface area contributed by atoms with E-state index in [1.807, 2.05) is 0 Å². The number of halogens is 2. The van der Waals surface area contributed by atoms with Crippen LogP contribution in [0.3, 0.4) is 0 Å². The average Bonchev–Trinajstić information content (AvgIpc) is 2.51. The molecule has 0 spiro atoms. The predicted octanol–water partition coefficient (Wildman–Crippen LogP) is 1.74. The van der Waals surface area contributed by atoms with Crippen molar-refractivity contribution < 1.29 is 4.79 Å². The second-order valence-corrected chi connectivity index (χ2v) is 4.74. The molecule has 0 aliphatic heterocycles. The third-order valence-corrected chi connectivity index (χ3v) is 2.49. The predicted molar refractivity (Wildman–Crippen MR) is 75.5 cm³/mol. The van der Waals surface area contributed by atoms with Crippen LogP contribution in [0.5, 0.6) is 0 Å². The summed E-state index contributed by atoms with van der Waals surface area (Å²) in [6.45, 7) is 4.54. The van der Waals surface area contributed by atoms with Gasteiger partial charge >= 0.3 is 0 Å². The van der Waals surface area contributed by atoms with Crippen molar-refractivity contribution in [3.8, 4) is 0 Å². The zero-order valence-corrected chi connectivity index (χ0v) is 12.5. The number of aromatic nitrogens is 2. The quantitative estimate of drug-likeness (QED) is 0.869. The normalized spacial score (nSPS) is 9.41. The minimum Gasteiger partial charge on any atom is -0.311 e. The molecule has 1 aromatic heterocycles. The van der Waals surface area contributed by atoms with Crippen LogP contribution in [-0.2, 0) is 11.2 Å². The molecule has 0 fully saturated rings. The van der Waals surface area contributed by atoms with Gasteiger partial charge in [0.05, 0.1) is 6.54 Å². The number of carbonyl (C=O) groups is 1. The summed E-state index contributed by atoms with van der Waals surface area (Å²) >= 11 is 1.43. The first-order chi connectivity index (χ1) is 7.11. The Bertz CT molecular complexity index is 333. The van der Waals surface area contributed by atoms with E-state index in [-0.39, 0.29) is 30.7 Å². The summed E-state index contributed by atoms with van der Waals surface area (Å²) in [5, 5.41) is 14.9. The molecular weight excluding hydrogens is 283 g/mol. The first-order valence-electron chi connectivity index (χ1n) is 4.88. The van der Waals surface area contributed by atoms with Crippen LogP contribution >= 0.6 is 36.2 Å². The largest absolute Gasteiger partial charge is 0.311 e. The van der Waals surface area contributed by atoms with E-state index in [0.717, 1.165) is 11.4 Å². The second kappa shape index (κ2) is 9.58. The number of nitrogens with one attached hydrogen (secondary N) is 2. The van der Waals surface area contributed by atoms with Gasteiger partial charge in [-0.2, -0.15) is 0 Å². The summed E-state index contributed by atoms with van der Waals surface area (Å²) in [5.74, 6) is 0.462. The van der Waals surface area contributed by atoms with Crippen LogP contribution < -0.4 is 10.6 Å². The highest BCUT2D eigenvalue weighted by Crippen LogP contribution is 2.17. The fraction of sp³-hybridized carbons (Fsp3) is 0.667. The van der Waals surface area contributed by atoms with E-state index in [1.54, 1.807) is 7.05 Å². The lowest BCUT2D eigenvalue weighted by atomic mass is 10.1. The van der Waals surface area contributed by atoms with Gasteiger partial charge in [-0.25, -0.2) is 0 Å². The Morgan fingerprint density at radius 2 is 2.00 bits per heavy atom. The Morgan fingerprint density at radius 1 is 1.35 bits per heavy atom. The molecule has 17 heavy (non-hydrogen) atoms. The Balaban J connectivity index is 0. The molecule has 1 heterocycles. The molecule has 100 valence electrons. The van der Waals surface area contributed by atoms with Crippen LogP contribution in [0.2, 0.25) is 0 Å². The maximum absolute atomic E-state index is 11.2. The Morgan fingerprint density at radius 3 is 2.53 bits per heavy atom. The smallest absolute Gasteiger partial charge is 0.240 e. The number of carbonyl (C=O) groups excluding carboxylic acids is 1. The Kier molecular flexibility index (Phi) is 10.7. The lowest BCUT2D eigenvalue weighted by molar-refractivity contribution is -0.115. The Labute approximate surface area is 118 Å². The molecule has 5 nitrogen and oxygen atoms in total. The minimum absolute atomic E-state index is 0. The molecule has 1 rings (SSSR count). The highest BCUT2D eigenvalue weighted by atomic mass is 35.5. The van der Waals surface area contributed by atoms with E-state index in [9.17, 15) is 4.79 Å². The molecule has 1 aromatic rings. The van der Waals surface area contributed by atoms with Crippen molar-refractivity contribution in [2.45, 2.75) is 20.3 Å². The topological polar surface area (TPSA) is 66.9 Å². The van der Waals surface area contributed by atoms with Gasteiger partial charge in [0.25, 0.3) is 0 Å². The first-order valence-corrected chi connectivity index (χ1v) is 5.70. The van der Waals surface area contributed by atoms with E-state index >= 15 is 0 Å². The standard InChI is InChI=1S/C9H16N4OS.2ClH/c1-6(2)4-8-12-13-9(15-8)11-7(14)5-10-3;;/h6,10H,4-5H2,1-3H3,(H,11,13,14);2*1H. The van der Waals surface area contributed by atoms with Crippen molar-refractivity contribution in [1.82, 2.24) is 15.5 Å². The molecule has 0 bridgehead atoms. The molecule has 0 aromatic carbocycles. The molecule has 2 N–H and O–H groups in total. The molecule has 0 aliphatic carbocycles. The van der Waals surface area contributed by atoms with Gasteiger partial charge in [-0.3, -0.25) is 10.1 Å². The van der Waals surface area contributed by atoms with Crippen molar-refractivity contribution in [3.63, 3.8) is 0 Å². The first kappa shape index (κ1) is 18.9. The highest BCUT2D eigenvalue weighted by molar-refractivity contribution is 7.15. The summed E-state index contributed by atoms with van der Waals surface area (Å²) in [5.41, 5.74) is 0. The van der Waals surface area contributed by atoms with E-state index in [0.29, 0.717) is 17.6 Å². The highest BCUT2D eigenvalue weighted by Gasteiger charge is 2.08. The van der Waals surface area contributed by atoms with E-state index in [1.165, 1.54) is 11.3 Å². The maximum Gasteiger partial charge on any atom is 0.240 e. The van der Waals surface area contributed by atoms with E-state index in [4.69, 9.17) is 0 Å². The number of amides is 1. The number of nitrogens with zero attached hydrogens (tertiary/aromatic N) is 2. The van der Waals surface area contributed by atoms with Crippen LogP contribution in [0, 0.1) is 5.92 Å². The van der Waals surface area contributed by atoms with Crippen LogP contribution in [-0.4, -0.2) is 29.7 Å². The third-order valence-electron chi connectivity index (χ3n) is 1.63. The summed E-state index contributed by atoms with van der Waals surface area (Å²) in [6.07, 6.45) is 0.902. The number of hydrogen-bond donors (Lipinski definition) is 2. The number of likely N-dealkylation sites (N-methyl/N-ethyl adjacent to an activating group) is 1. The molecule has 0 saturated carbocycles. The second-order valence-electron chi connectivity index (χ2n) is 3.68. The number of anilines is 1. The molecule has 8 heteroatoms. The maximum atomic E-state index is 11.2. The number of hydrogen-bond acceptors (Lipinski definition) is 5. The molecule has 1 amide bonds. The molecule has 0 radical (unpaired) electrons. The van der Waals surface area contributed by atoms with Crippen LogP contribution in [0.15, 0.2) is 0 Å². The zero-order chi connectivity index (χ0) is 11.3. The lowest BCUT2D eigenvalue weighted by Crippen LogP contribution is -2.24. The Hall–Kier alpha value is -0.430. The van der Waals surface area contributed by atoms with Crippen LogP contribution in [0.1, 0.15) is 18.9 Å². The molecular formula is C9H18Cl2N4OS. The van der Waals surface area contributed by atoms with Crippen LogP contribution in [0.4, 0.5) is 5.13 Å². The van der Waals surface area contributed by atoms with Crippen molar-refractivity contribution >= 4 is 47.2 Å². The van der Waals surface area contributed by atoms with Crippen LogP contribution in [0.25, 0.3) is 0 Å². The van der Waals surface area contributed by atoms with Gasteiger partial charge in [0.2, 0.25) is 11.0 Å². The summed E-state index contributed by atoms with van der Waals surface area (Å²) in [6, 6.07) is 0. The third kappa shape index (κ3) is 7.49. The zero-order valence-electron chi connectivity index (χ0n) is 10.0. The lowest BCUT2D eigenvalue weighted by Gasteiger charge is -1.99. The van der Waals surface area contributed by atoms with Gasteiger partial charge < -0.3 is 5.32 Å². The van der Waals surface area contributed by atoms with Gasteiger partial charge in [0.15, 0.2) is 0 Å². The van der Waals surface area contributed by atoms with Crippen molar-refractivity contribution in [3.05, 3.63) is 5.01 Å². The monoisotopic (exact) mass is 300 g/mol. The summed E-state index contributed by atoms with van der Waals surface area (Å²) < 4.78 is 0. The molecule has 0 unspecified atom stereocenters. The summed E-state index contributed by atoms with van der Waals surface area (Å²) in [4.78, 5) is 11.2. The minimum atomic E-state index is -0.0928. The van der Waals surface area contributed by atoms with Gasteiger partial charge in [-0.1, -0.05) is 25.2 Å². The molecule has 0 saturated heterocycles. The SMILES string of the molecule is CNCC(=O)Nc1nnc(CC(C)C)s1.Cl.Cl. The van der Waals surface area contributed by atoms with Gasteiger partial charge in [-0.05, 0) is 13.0 Å². The van der Waals surface area contributed by atoms with E-state index < -0.39 is 0 Å². The van der Waals surface area contributed by atoms with Crippen molar-refractivity contribution in [1.29, 1.82) is 0 Å². The van der Waals surface area contributed by atoms with Gasteiger partial charge in [-0.15, -0.1) is 35.0 Å². The van der Waals surface area contributed by atoms with E-state index in [2.05, 4.69) is 34.7 Å². The summed E-state index contributed by atoms with van der Waals surface area (Å²) in [7, 11) is 1.73. The number of rotatable bonds is 5. The average molecular weight is 301 g/mol. The molecule has 0 aliphatic rings. The van der Waals surface area contributed by atoms with Gasteiger partial charge in [0, 0.05) is 6.42 Å². The fourth-order valence-electron chi connectivity index (χ4n) is 1.06. The van der Waals surface area contributed by atoms with Crippen molar-refractivity contribution in [2.75, 3.05) is 18.9 Å². The fourth-order valence-corrected chi connectivity index (χ4v) is 2.03. The van der Waals surface area contributed by atoms with Gasteiger partial charge in [0.1, 0.15) is 5.01 Å². The van der Waals surface area contributed by atoms with Crippen molar-refractivity contribution in [2.24, 2.45) is 5.92 Å². The molecule has 0 atom stereocenters.